The van der Waals surface area contributed by atoms with Crippen LogP contribution in [0, 0.1) is 0 Å². The van der Waals surface area contributed by atoms with Crippen molar-refractivity contribution in [2.45, 2.75) is 20.3 Å². The van der Waals surface area contributed by atoms with Gasteiger partial charge in [0.25, 0.3) is 0 Å². The Morgan fingerprint density at radius 2 is 1.92 bits per heavy atom. The number of hydrogen-bond acceptors (Lipinski definition) is 1. The minimum atomic E-state index is 0.0183. The zero-order chi connectivity index (χ0) is 9.56. The van der Waals surface area contributed by atoms with Crippen LogP contribution >= 0.6 is 0 Å². The second kappa shape index (κ2) is 5.35. The summed E-state index contributed by atoms with van der Waals surface area (Å²) in [4.78, 5) is 10.7. The number of carbonyl (C=O) groups excluding carboxylic acids is 1. The van der Waals surface area contributed by atoms with E-state index in [2.05, 4.69) is 18.5 Å². The average molecular weight is 165 g/mol. The van der Waals surface area contributed by atoms with Crippen LogP contribution in [0.3, 0.4) is 0 Å². The highest BCUT2D eigenvalue weighted by molar-refractivity contribution is 5.85. The molecule has 1 aliphatic heterocycles. The van der Waals surface area contributed by atoms with Crippen molar-refractivity contribution in [3.8, 4) is 0 Å². The molecule has 2 heteroatoms. The first kappa shape index (κ1) is 10.7. The van der Waals surface area contributed by atoms with Gasteiger partial charge in [0.05, 0.1) is 6.42 Å². The smallest absolute Gasteiger partial charge is 0.228 e. The Bertz CT molecular complexity index is 204. The van der Waals surface area contributed by atoms with Crippen molar-refractivity contribution >= 4 is 5.91 Å². The quantitative estimate of drug-likeness (QED) is 0.667. The summed E-state index contributed by atoms with van der Waals surface area (Å²) in [5.74, 6) is 0.0183. The van der Waals surface area contributed by atoms with E-state index >= 15 is 0 Å². The number of rotatable bonds is 2. The fourth-order valence-corrected chi connectivity index (χ4v) is 0.907. The number of allylic oxidation sites excluding steroid dienone is 2. The summed E-state index contributed by atoms with van der Waals surface area (Å²) in [5, 5.41) is 2.66. The van der Waals surface area contributed by atoms with Crippen molar-refractivity contribution in [2.75, 3.05) is 0 Å². The summed E-state index contributed by atoms with van der Waals surface area (Å²) in [7, 11) is 0. The van der Waals surface area contributed by atoms with Crippen LogP contribution in [0.5, 0.6) is 0 Å². The van der Waals surface area contributed by atoms with Crippen molar-refractivity contribution < 1.29 is 4.79 Å². The lowest BCUT2D eigenvalue weighted by atomic mass is 10.2. The fourth-order valence-electron chi connectivity index (χ4n) is 0.907. The molecule has 1 aliphatic rings. The van der Waals surface area contributed by atoms with E-state index in [-0.39, 0.29) is 5.91 Å². The van der Waals surface area contributed by atoms with Crippen molar-refractivity contribution in [3.05, 3.63) is 36.6 Å². The molecule has 1 amide bonds. The summed E-state index contributed by atoms with van der Waals surface area (Å²) in [5.41, 5.74) is 1.72. The maximum atomic E-state index is 10.7. The van der Waals surface area contributed by atoms with Gasteiger partial charge in [0.15, 0.2) is 0 Å². The molecular weight excluding hydrogens is 150 g/mol. The Morgan fingerprint density at radius 1 is 1.33 bits per heavy atom. The summed E-state index contributed by atoms with van der Waals surface area (Å²) in [6.45, 7) is 11.1. The van der Waals surface area contributed by atoms with Gasteiger partial charge in [0, 0.05) is 5.70 Å². The molecule has 0 fully saturated rings. The zero-order valence-electron chi connectivity index (χ0n) is 7.68. The Labute approximate surface area is 73.7 Å². The summed E-state index contributed by atoms with van der Waals surface area (Å²) in [6, 6.07) is 0. The van der Waals surface area contributed by atoms with Crippen molar-refractivity contribution in [2.24, 2.45) is 0 Å². The van der Waals surface area contributed by atoms with Crippen LogP contribution in [0.15, 0.2) is 36.6 Å². The van der Waals surface area contributed by atoms with Gasteiger partial charge in [-0.3, -0.25) is 4.79 Å². The van der Waals surface area contributed by atoms with Crippen LogP contribution in [-0.2, 0) is 4.79 Å². The molecule has 0 bridgehead atoms. The van der Waals surface area contributed by atoms with Crippen LogP contribution in [0.1, 0.15) is 20.3 Å². The van der Waals surface area contributed by atoms with Gasteiger partial charge in [0.2, 0.25) is 5.91 Å². The van der Waals surface area contributed by atoms with Crippen LogP contribution in [0.4, 0.5) is 0 Å². The van der Waals surface area contributed by atoms with Gasteiger partial charge in [-0.05, 0) is 11.6 Å². The van der Waals surface area contributed by atoms with Gasteiger partial charge in [0.1, 0.15) is 0 Å². The van der Waals surface area contributed by atoms with Gasteiger partial charge in [-0.25, -0.2) is 0 Å². The lowest BCUT2D eigenvalue weighted by Gasteiger charge is -1.92. The van der Waals surface area contributed by atoms with Crippen LogP contribution in [-0.4, -0.2) is 5.91 Å². The predicted molar refractivity (Wildman–Crippen MR) is 51.5 cm³/mol. The molecule has 0 aromatic heterocycles. The Balaban J connectivity index is 0.000000561. The maximum Gasteiger partial charge on any atom is 0.228 e. The molecular formula is C10H15NO. The molecule has 0 spiro atoms. The van der Waals surface area contributed by atoms with E-state index in [0.717, 1.165) is 11.3 Å². The number of hydrogen-bond donors (Lipinski definition) is 1. The van der Waals surface area contributed by atoms with E-state index in [1.54, 1.807) is 12.2 Å². The van der Waals surface area contributed by atoms with E-state index in [1.807, 2.05) is 13.8 Å². The number of amides is 1. The van der Waals surface area contributed by atoms with E-state index in [9.17, 15) is 4.79 Å². The molecule has 0 radical (unpaired) electrons. The third-order valence-electron chi connectivity index (χ3n) is 1.42. The highest BCUT2D eigenvalue weighted by Gasteiger charge is 2.15. The van der Waals surface area contributed by atoms with E-state index < -0.39 is 0 Å². The topological polar surface area (TPSA) is 29.1 Å². The lowest BCUT2D eigenvalue weighted by Crippen LogP contribution is -2.13. The number of nitrogens with one attached hydrogen (secondary N) is 1. The van der Waals surface area contributed by atoms with Gasteiger partial charge >= 0.3 is 0 Å². The molecule has 2 nitrogen and oxygen atoms in total. The highest BCUT2D eigenvalue weighted by Crippen LogP contribution is 2.15. The minimum absolute atomic E-state index is 0.0183. The molecule has 1 heterocycles. The summed E-state index contributed by atoms with van der Waals surface area (Å²) < 4.78 is 0. The Morgan fingerprint density at radius 3 is 2.25 bits per heavy atom. The first-order valence-electron chi connectivity index (χ1n) is 4.06. The summed E-state index contributed by atoms with van der Waals surface area (Å²) >= 11 is 0. The molecule has 66 valence electrons. The Kier molecular flexibility index (Phi) is 4.77. The van der Waals surface area contributed by atoms with E-state index in [1.165, 1.54) is 0 Å². The average Bonchev–Trinajstić information content (AvgIpc) is 2.49. The van der Waals surface area contributed by atoms with Crippen molar-refractivity contribution in [1.82, 2.24) is 5.32 Å². The lowest BCUT2D eigenvalue weighted by molar-refractivity contribution is -0.118. The molecule has 12 heavy (non-hydrogen) atoms. The second-order valence-electron chi connectivity index (χ2n) is 2.07. The van der Waals surface area contributed by atoms with Gasteiger partial charge < -0.3 is 5.32 Å². The fraction of sp³-hybridized carbons (Fsp3) is 0.300. The largest absolute Gasteiger partial charge is 0.326 e. The second-order valence-corrected chi connectivity index (χ2v) is 2.07. The zero-order valence-corrected chi connectivity index (χ0v) is 7.68. The van der Waals surface area contributed by atoms with Crippen molar-refractivity contribution in [3.63, 3.8) is 0 Å². The summed E-state index contributed by atoms with van der Waals surface area (Å²) in [6.07, 6.45) is 3.74. The standard InChI is InChI=1S/C8H9NO.C2H6/c1-3-6-5-8(10)9-7(6)4-2;1-2/h3-4H,1-2,5H2,(H,9,10);1-2H3. The SMILES string of the molecule is C=CC1=C(C=C)NC(=O)C1.CC. The van der Waals surface area contributed by atoms with Crippen LogP contribution in [0.25, 0.3) is 0 Å². The van der Waals surface area contributed by atoms with Gasteiger partial charge in [-0.1, -0.05) is 33.1 Å². The van der Waals surface area contributed by atoms with Gasteiger partial charge in [-0.2, -0.15) is 0 Å². The first-order chi connectivity index (χ1) is 5.77. The molecule has 0 atom stereocenters. The molecule has 0 unspecified atom stereocenters. The predicted octanol–water partition coefficient (Wildman–Crippen LogP) is 2.16. The Hall–Kier alpha value is -1.31. The molecule has 0 aromatic carbocycles. The van der Waals surface area contributed by atoms with Gasteiger partial charge in [-0.15, -0.1) is 0 Å². The molecule has 0 saturated carbocycles. The van der Waals surface area contributed by atoms with Crippen LogP contribution < -0.4 is 5.32 Å². The molecule has 1 rings (SSSR count). The normalized spacial score (nSPS) is 14.7. The first-order valence-corrected chi connectivity index (χ1v) is 4.06. The van der Waals surface area contributed by atoms with Crippen LogP contribution in [0.2, 0.25) is 0 Å². The van der Waals surface area contributed by atoms with Crippen molar-refractivity contribution in [1.29, 1.82) is 0 Å². The third-order valence-corrected chi connectivity index (χ3v) is 1.42. The number of carbonyl (C=O) groups is 1. The third kappa shape index (κ3) is 2.38. The molecule has 0 aliphatic carbocycles. The maximum absolute atomic E-state index is 10.7. The van der Waals surface area contributed by atoms with E-state index in [0.29, 0.717) is 6.42 Å². The molecule has 0 aromatic rings. The molecule has 0 saturated heterocycles. The van der Waals surface area contributed by atoms with E-state index in [4.69, 9.17) is 0 Å². The highest BCUT2D eigenvalue weighted by atomic mass is 16.1. The minimum Gasteiger partial charge on any atom is -0.326 e. The molecule has 1 N–H and O–H groups in total. The monoisotopic (exact) mass is 165 g/mol.